The van der Waals surface area contributed by atoms with Gasteiger partial charge in [0.05, 0.1) is 24.0 Å². The first-order valence-corrected chi connectivity index (χ1v) is 21.2. The summed E-state index contributed by atoms with van der Waals surface area (Å²) < 4.78 is 0. The first kappa shape index (κ1) is 46.6. The first-order valence-electron chi connectivity index (χ1n) is 20.4. The van der Waals surface area contributed by atoms with Crippen LogP contribution >= 0.6 is 23.2 Å². The Morgan fingerprint density at radius 1 is 0.603 bits per heavy atom. The minimum atomic E-state index is -0.654. The van der Waals surface area contributed by atoms with Gasteiger partial charge in [0, 0.05) is 125 Å². The molecule has 0 saturated carbocycles. The van der Waals surface area contributed by atoms with Gasteiger partial charge >= 0.3 is 0 Å². The van der Waals surface area contributed by atoms with Gasteiger partial charge in [-0.2, -0.15) is 0 Å². The van der Waals surface area contributed by atoms with E-state index < -0.39 is 6.10 Å². The normalized spacial score (nSPS) is 14.8. The number of nitrogens with zero attached hydrogens (tertiary/aromatic N) is 6. The predicted molar refractivity (Wildman–Crippen MR) is 245 cm³/mol. The lowest BCUT2D eigenvalue weighted by Gasteiger charge is -2.29. The molecular formula is C49H50Cl2N6O6. The molecule has 63 heavy (non-hydrogen) atoms. The molecule has 12 nitrogen and oxygen atoms in total. The minimum Gasteiger partial charge on any atom is -0.393 e. The fourth-order valence-corrected chi connectivity index (χ4v) is 8.00. The van der Waals surface area contributed by atoms with Gasteiger partial charge in [0.2, 0.25) is 0 Å². The van der Waals surface area contributed by atoms with E-state index in [2.05, 4.69) is 19.9 Å². The number of halogens is 2. The molecule has 6 aromatic rings. The number of hydrogen-bond acceptors (Lipinski definition) is 10. The number of hydrogen-bond donors (Lipinski definition) is 3. The van der Waals surface area contributed by atoms with Crippen LogP contribution in [0.2, 0.25) is 10.0 Å². The Bertz CT molecular complexity index is 2590. The third-order valence-electron chi connectivity index (χ3n) is 11.0. The van der Waals surface area contributed by atoms with Gasteiger partial charge in [-0.05, 0) is 104 Å². The molecule has 2 amide bonds. The van der Waals surface area contributed by atoms with Crippen molar-refractivity contribution < 1.29 is 29.7 Å². The molecule has 1 unspecified atom stereocenters. The van der Waals surface area contributed by atoms with E-state index in [0.29, 0.717) is 84.4 Å². The SMILES string of the molecule is C.CC(=O)c1cc(-c2cncc(-c3ccc(C(=O)N4CCC(O)CC4)cc3Cl)c2)ccn1.CC(O)c1cc(-c2cncc(-c3ccc(C(=O)N4CCC(O)CC4)cc3Cl)c2)ccn1. The highest BCUT2D eigenvalue weighted by Crippen LogP contribution is 2.34. The number of carbonyl (C=O) groups excluding carboxylic acids is 3. The van der Waals surface area contributed by atoms with E-state index >= 15 is 0 Å². The van der Waals surface area contributed by atoms with Crippen molar-refractivity contribution in [2.75, 3.05) is 26.2 Å². The number of aromatic nitrogens is 4. The van der Waals surface area contributed by atoms with Crippen LogP contribution in [0.1, 0.15) is 90.0 Å². The Balaban J connectivity index is 0.000000206. The number of ketones is 1. The summed E-state index contributed by atoms with van der Waals surface area (Å²) in [6.07, 6.45) is 11.3. The van der Waals surface area contributed by atoms with Gasteiger partial charge in [-0.25, -0.2) is 0 Å². The average molecular weight is 890 g/mol. The maximum Gasteiger partial charge on any atom is 0.253 e. The number of aliphatic hydroxyl groups is 3. The van der Waals surface area contributed by atoms with Gasteiger partial charge in [0.25, 0.3) is 11.8 Å². The molecule has 2 saturated heterocycles. The van der Waals surface area contributed by atoms with Crippen LogP contribution in [-0.2, 0) is 0 Å². The van der Waals surface area contributed by atoms with E-state index in [-0.39, 0.29) is 37.2 Å². The zero-order chi connectivity index (χ0) is 43.9. The number of carbonyl (C=O) groups is 3. The highest BCUT2D eigenvalue weighted by Gasteiger charge is 2.24. The summed E-state index contributed by atoms with van der Waals surface area (Å²) in [4.78, 5) is 57.6. The van der Waals surface area contributed by atoms with Crippen LogP contribution in [0.3, 0.4) is 0 Å². The van der Waals surface area contributed by atoms with Crippen molar-refractivity contribution in [2.45, 2.75) is 65.3 Å². The molecule has 0 aliphatic carbocycles. The number of pyridine rings is 4. The lowest BCUT2D eigenvalue weighted by atomic mass is 10.00. The first-order chi connectivity index (χ1) is 29.8. The summed E-state index contributed by atoms with van der Waals surface area (Å²) in [7, 11) is 0. The maximum atomic E-state index is 12.8. The van der Waals surface area contributed by atoms with Crippen molar-refractivity contribution in [1.82, 2.24) is 29.7 Å². The molecule has 1 atom stereocenters. The number of aliphatic hydroxyl groups excluding tert-OH is 3. The van der Waals surface area contributed by atoms with Crippen molar-refractivity contribution in [3.8, 4) is 44.5 Å². The second kappa shape index (κ2) is 21.0. The number of benzene rings is 2. The monoisotopic (exact) mass is 888 g/mol. The molecule has 2 aliphatic rings. The molecule has 0 bridgehead atoms. The standard InChI is InChI=1S/C24H24ClN3O3.C24H22ClN3O3.CH4/c2*1-15(29)23-12-16(4-7-27-23)18-10-19(14-26-13-18)21-3-2-17(11-22(21)25)24(31)28-8-5-20(30)6-9-28;/h2-4,7,10-15,20,29-30H,5-6,8-9H2,1H3;2-4,7,10-14,20,30H,5-6,8-9H2,1H3;1H4. The Morgan fingerprint density at radius 2 is 1.03 bits per heavy atom. The van der Waals surface area contributed by atoms with Crippen LogP contribution in [0.15, 0.2) is 110 Å². The smallest absolute Gasteiger partial charge is 0.253 e. The van der Waals surface area contributed by atoms with Crippen LogP contribution in [0.25, 0.3) is 44.5 Å². The van der Waals surface area contributed by atoms with Gasteiger partial charge in [-0.15, -0.1) is 0 Å². The summed E-state index contributed by atoms with van der Waals surface area (Å²) >= 11 is 13.1. The Kier molecular flexibility index (Phi) is 15.5. The Morgan fingerprint density at radius 3 is 1.46 bits per heavy atom. The van der Waals surface area contributed by atoms with Gasteiger partial charge in [0.1, 0.15) is 5.69 Å². The number of likely N-dealkylation sites (tertiary alicyclic amines) is 2. The zero-order valence-electron chi connectivity index (χ0n) is 34.3. The van der Waals surface area contributed by atoms with Gasteiger partial charge in [-0.1, -0.05) is 42.8 Å². The van der Waals surface area contributed by atoms with Gasteiger partial charge < -0.3 is 25.1 Å². The summed E-state index contributed by atoms with van der Waals surface area (Å²) in [6.45, 7) is 5.33. The molecule has 0 radical (unpaired) electrons. The van der Waals surface area contributed by atoms with Crippen LogP contribution in [-0.4, -0.2) is 101 Å². The third-order valence-corrected chi connectivity index (χ3v) is 11.7. The number of amides is 2. The van der Waals surface area contributed by atoms with Gasteiger partial charge in [0.15, 0.2) is 5.78 Å². The molecule has 3 N–H and O–H groups in total. The second-order valence-electron chi connectivity index (χ2n) is 15.5. The molecule has 2 aromatic carbocycles. The van der Waals surface area contributed by atoms with E-state index in [0.717, 1.165) is 44.5 Å². The lowest BCUT2D eigenvalue weighted by Crippen LogP contribution is -2.40. The summed E-state index contributed by atoms with van der Waals surface area (Å²) in [5.41, 5.74) is 8.69. The molecule has 6 heterocycles. The number of rotatable bonds is 8. The van der Waals surface area contributed by atoms with Crippen molar-refractivity contribution in [3.63, 3.8) is 0 Å². The fourth-order valence-electron chi connectivity index (χ4n) is 7.42. The molecule has 0 spiro atoms. The quantitative estimate of drug-likeness (QED) is 0.125. The lowest BCUT2D eigenvalue weighted by molar-refractivity contribution is 0.0537. The number of Topliss-reactive ketones (excluding diaryl/α,β-unsaturated/α-hetero) is 1. The summed E-state index contributed by atoms with van der Waals surface area (Å²) in [5.74, 6) is -0.257. The maximum absolute atomic E-state index is 12.8. The van der Waals surface area contributed by atoms with Crippen molar-refractivity contribution >= 4 is 40.8 Å². The largest absolute Gasteiger partial charge is 0.393 e. The average Bonchev–Trinajstić information content (AvgIpc) is 3.29. The summed E-state index contributed by atoms with van der Waals surface area (Å²) in [6, 6.07) is 21.8. The van der Waals surface area contributed by atoms with Crippen molar-refractivity contribution in [3.05, 3.63) is 143 Å². The zero-order valence-corrected chi connectivity index (χ0v) is 35.8. The van der Waals surface area contributed by atoms with Crippen molar-refractivity contribution in [1.29, 1.82) is 0 Å². The molecular weight excluding hydrogens is 839 g/mol. The Hall–Kier alpha value is -5.89. The number of piperidine rings is 2. The fraction of sp³-hybridized carbons (Fsp3) is 0.286. The topological polar surface area (TPSA) is 170 Å². The second-order valence-corrected chi connectivity index (χ2v) is 16.3. The highest BCUT2D eigenvalue weighted by molar-refractivity contribution is 6.34. The molecule has 14 heteroatoms. The van der Waals surface area contributed by atoms with Crippen molar-refractivity contribution in [2.24, 2.45) is 0 Å². The molecule has 8 rings (SSSR count). The molecule has 2 fully saturated rings. The van der Waals surface area contributed by atoms with Crippen LogP contribution < -0.4 is 0 Å². The third kappa shape index (κ3) is 11.4. The molecule has 326 valence electrons. The van der Waals surface area contributed by atoms with E-state index in [4.69, 9.17) is 23.2 Å². The van der Waals surface area contributed by atoms with Crippen LogP contribution in [0, 0.1) is 0 Å². The highest BCUT2D eigenvalue weighted by atomic mass is 35.5. The van der Waals surface area contributed by atoms with Gasteiger partial charge in [-0.3, -0.25) is 34.3 Å². The summed E-state index contributed by atoms with van der Waals surface area (Å²) in [5, 5.41) is 30.0. The molecule has 4 aromatic heterocycles. The van der Waals surface area contributed by atoms with E-state index in [9.17, 15) is 29.7 Å². The minimum absolute atomic E-state index is 0. The Labute approximate surface area is 377 Å². The van der Waals surface area contributed by atoms with E-state index in [1.165, 1.54) is 6.92 Å². The predicted octanol–water partition coefficient (Wildman–Crippen LogP) is 9.01. The van der Waals surface area contributed by atoms with Crippen LogP contribution in [0.4, 0.5) is 0 Å². The van der Waals surface area contributed by atoms with Crippen LogP contribution in [0.5, 0.6) is 0 Å². The van der Waals surface area contributed by atoms with E-state index in [1.54, 1.807) is 84.2 Å². The molecule has 2 aliphatic heterocycles. The van der Waals surface area contributed by atoms with E-state index in [1.807, 2.05) is 42.5 Å².